The van der Waals surface area contributed by atoms with Gasteiger partial charge in [0.2, 0.25) is 0 Å². The number of anilines is 3. The van der Waals surface area contributed by atoms with Gasteiger partial charge in [-0.1, -0.05) is 161 Å². The van der Waals surface area contributed by atoms with Gasteiger partial charge in [0, 0.05) is 33.0 Å². The molecule has 11 rings (SSSR count). The van der Waals surface area contributed by atoms with Crippen LogP contribution in [0, 0.1) is 0 Å². The topological polar surface area (TPSA) is 16.4 Å². The van der Waals surface area contributed by atoms with Crippen molar-refractivity contribution in [3.05, 3.63) is 187 Å². The van der Waals surface area contributed by atoms with Gasteiger partial charge in [-0.2, -0.15) is 0 Å². The van der Waals surface area contributed by atoms with Gasteiger partial charge in [0.15, 0.2) is 0 Å². The summed E-state index contributed by atoms with van der Waals surface area (Å²) >= 11 is 0. The predicted octanol–water partition coefficient (Wildman–Crippen LogP) is 15.9. The maximum Gasteiger partial charge on any atom is 0.135 e. The third-order valence-corrected chi connectivity index (χ3v) is 13.1. The van der Waals surface area contributed by atoms with Gasteiger partial charge in [-0.05, 0) is 111 Å². The highest BCUT2D eigenvalue weighted by atomic mass is 16.3. The first-order valence-electron chi connectivity index (χ1n) is 20.7. The minimum atomic E-state index is -0.134. The van der Waals surface area contributed by atoms with Crippen molar-refractivity contribution in [2.75, 3.05) is 4.90 Å². The van der Waals surface area contributed by atoms with Gasteiger partial charge >= 0.3 is 0 Å². The highest BCUT2D eigenvalue weighted by Crippen LogP contribution is 2.53. The first-order chi connectivity index (χ1) is 28.0. The largest absolute Gasteiger partial charge is 0.456 e. The summed E-state index contributed by atoms with van der Waals surface area (Å²) in [5.74, 6) is 0.585. The molecule has 0 N–H and O–H groups in total. The molecule has 0 spiro atoms. The van der Waals surface area contributed by atoms with E-state index in [1.54, 1.807) is 0 Å². The van der Waals surface area contributed by atoms with Crippen molar-refractivity contribution in [1.29, 1.82) is 0 Å². The van der Waals surface area contributed by atoms with E-state index < -0.39 is 0 Å². The van der Waals surface area contributed by atoms with Gasteiger partial charge in [-0.15, -0.1) is 0 Å². The Bertz CT molecular complexity index is 2990. The molecule has 2 aliphatic rings. The number of benzene rings is 8. The fourth-order valence-electron chi connectivity index (χ4n) is 10.3. The molecule has 0 aliphatic heterocycles. The number of hydrogen-bond acceptors (Lipinski definition) is 2. The average molecular weight is 736 g/mol. The van der Waals surface area contributed by atoms with Crippen LogP contribution in [0.2, 0.25) is 0 Å². The van der Waals surface area contributed by atoms with Crippen molar-refractivity contribution in [3.63, 3.8) is 0 Å². The molecule has 0 bridgehead atoms. The summed E-state index contributed by atoms with van der Waals surface area (Å²) in [5, 5.41) is 4.98. The Kier molecular flexibility index (Phi) is 7.96. The van der Waals surface area contributed by atoms with E-state index in [0.717, 1.165) is 38.9 Å². The van der Waals surface area contributed by atoms with Gasteiger partial charge in [0.1, 0.15) is 11.2 Å². The van der Waals surface area contributed by atoms with Crippen molar-refractivity contribution >= 4 is 49.8 Å². The van der Waals surface area contributed by atoms with Crippen molar-refractivity contribution < 1.29 is 4.42 Å². The maximum atomic E-state index is 6.29. The molecule has 2 aliphatic carbocycles. The molecule has 0 amide bonds. The van der Waals surface area contributed by atoms with Crippen LogP contribution in [0.5, 0.6) is 0 Å². The summed E-state index contributed by atoms with van der Waals surface area (Å²) < 4.78 is 6.29. The molecular formula is C55H45NO. The SMILES string of the molecule is CC1(C)c2ccccc2-c2ccc(N(c3ccccc3-c3ccc4oc5ccccc5c4c3)c3ccccc3-c3cccc4cccc(C5CCCCC5)c34)cc21. The van der Waals surface area contributed by atoms with E-state index >= 15 is 0 Å². The quantitative estimate of drug-likeness (QED) is 0.169. The number of furan rings is 1. The molecular weight excluding hydrogens is 691 g/mol. The first-order valence-corrected chi connectivity index (χ1v) is 20.7. The first kappa shape index (κ1) is 33.9. The second-order valence-corrected chi connectivity index (χ2v) is 16.7. The summed E-state index contributed by atoms with van der Waals surface area (Å²) in [6, 6.07) is 63.0. The minimum Gasteiger partial charge on any atom is -0.456 e. The minimum absolute atomic E-state index is 0.134. The van der Waals surface area contributed by atoms with Gasteiger partial charge in [-0.3, -0.25) is 0 Å². The molecule has 2 heteroatoms. The lowest BCUT2D eigenvalue weighted by Crippen LogP contribution is -2.17. The summed E-state index contributed by atoms with van der Waals surface area (Å²) in [5.41, 5.74) is 16.9. The van der Waals surface area contributed by atoms with E-state index in [4.69, 9.17) is 4.42 Å². The number of nitrogens with zero attached hydrogens (tertiary/aromatic N) is 1. The number of rotatable bonds is 6. The third-order valence-electron chi connectivity index (χ3n) is 13.1. The predicted molar refractivity (Wildman–Crippen MR) is 240 cm³/mol. The summed E-state index contributed by atoms with van der Waals surface area (Å²) in [7, 11) is 0. The summed E-state index contributed by atoms with van der Waals surface area (Å²) in [4.78, 5) is 2.53. The van der Waals surface area contributed by atoms with Gasteiger partial charge in [-0.25, -0.2) is 0 Å². The number of hydrogen-bond donors (Lipinski definition) is 0. The van der Waals surface area contributed by atoms with Crippen LogP contribution >= 0.6 is 0 Å². The number of para-hydroxylation sites is 3. The molecule has 1 aromatic heterocycles. The number of fused-ring (bicyclic) bond motifs is 7. The van der Waals surface area contributed by atoms with Crippen LogP contribution in [0.15, 0.2) is 174 Å². The molecule has 8 aromatic carbocycles. The van der Waals surface area contributed by atoms with Crippen molar-refractivity contribution in [3.8, 4) is 33.4 Å². The Labute approximate surface area is 335 Å². The molecule has 0 radical (unpaired) electrons. The lowest BCUT2D eigenvalue weighted by Gasteiger charge is -2.32. The Morgan fingerprint density at radius 1 is 0.491 bits per heavy atom. The Morgan fingerprint density at radius 2 is 1.14 bits per heavy atom. The lowest BCUT2D eigenvalue weighted by molar-refractivity contribution is 0.445. The van der Waals surface area contributed by atoms with E-state index in [9.17, 15) is 0 Å². The van der Waals surface area contributed by atoms with Crippen LogP contribution in [0.4, 0.5) is 17.1 Å². The molecule has 0 atom stereocenters. The summed E-state index contributed by atoms with van der Waals surface area (Å²) in [6.07, 6.45) is 6.49. The summed E-state index contributed by atoms with van der Waals surface area (Å²) in [6.45, 7) is 4.75. The molecule has 1 heterocycles. The van der Waals surface area contributed by atoms with E-state index in [1.165, 1.54) is 93.1 Å². The zero-order valence-corrected chi connectivity index (χ0v) is 32.6. The second kappa shape index (κ2) is 13.4. The molecule has 0 unspecified atom stereocenters. The van der Waals surface area contributed by atoms with Crippen LogP contribution < -0.4 is 4.90 Å². The van der Waals surface area contributed by atoms with Crippen LogP contribution in [-0.2, 0) is 5.41 Å². The van der Waals surface area contributed by atoms with E-state index in [-0.39, 0.29) is 5.41 Å². The van der Waals surface area contributed by atoms with Crippen molar-refractivity contribution in [1.82, 2.24) is 0 Å². The van der Waals surface area contributed by atoms with Gasteiger partial charge in [0.25, 0.3) is 0 Å². The molecule has 2 nitrogen and oxygen atoms in total. The fourth-order valence-corrected chi connectivity index (χ4v) is 10.3. The lowest BCUT2D eigenvalue weighted by atomic mass is 9.80. The highest BCUT2D eigenvalue weighted by molar-refractivity contribution is 6.08. The molecule has 276 valence electrons. The highest BCUT2D eigenvalue weighted by Gasteiger charge is 2.36. The zero-order valence-electron chi connectivity index (χ0n) is 32.6. The monoisotopic (exact) mass is 735 g/mol. The smallest absolute Gasteiger partial charge is 0.135 e. The standard InChI is InChI=1S/C55H45NO/c1-55(2)48-26-10-6-21-42(48)43-32-31-39(35-49(43)55)56(50-27-11-7-20-40(50)38-30-33-53-47(34-38)45-23-9-13-29-52(45)57-53)51-28-12-8-22-44(51)46-25-15-19-37-18-14-24-41(54(37)46)36-16-4-3-5-17-36/h6-15,18-36H,3-5,16-17H2,1-2H3. The van der Waals surface area contributed by atoms with Crippen LogP contribution in [-0.4, -0.2) is 0 Å². The molecule has 57 heavy (non-hydrogen) atoms. The van der Waals surface area contributed by atoms with Crippen LogP contribution in [0.25, 0.3) is 66.1 Å². The van der Waals surface area contributed by atoms with Crippen LogP contribution in [0.1, 0.15) is 68.6 Å². The Hall–Kier alpha value is -6.38. The normalized spacial score (nSPS) is 14.9. The van der Waals surface area contributed by atoms with Crippen molar-refractivity contribution in [2.24, 2.45) is 0 Å². The van der Waals surface area contributed by atoms with Gasteiger partial charge in [0.05, 0.1) is 11.4 Å². The van der Waals surface area contributed by atoms with E-state index in [1.807, 2.05) is 6.07 Å². The fraction of sp³-hybridized carbons (Fsp3) is 0.164. The molecule has 0 saturated heterocycles. The molecule has 1 saturated carbocycles. The molecule has 1 fully saturated rings. The zero-order chi connectivity index (χ0) is 38.1. The van der Waals surface area contributed by atoms with Crippen molar-refractivity contribution in [2.45, 2.75) is 57.3 Å². The second-order valence-electron chi connectivity index (χ2n) is 16.7. The molecule has 9 aromatic rings. The Balaban J connectivity index is 1.16. The van der Waals surface area contributed by atoms with Crippen LogP contribution in [0.3, 0.4) is 0 Å². The van der Waals surface area contributed by atoms with E-state index in [2.05, 4.69) is 183 Å². The Morgan fingerprint density at radius 3 is 1.98 bits per heavy atom. The van der Waals surface area contributed by atoms with E-state index in [0.29, 0.717) is 5.92 Å². The third kappa shape index (κ3) is 5.46. The maximum absolute atomic E-state index is 6.29. The average Bonchev–Trinajstić information content (AvgIpc) is 3.75. The van der Waals surface area contributed by atoms with Gasteiger partial charge < -0.3 is 9.32 Å².